The average Bonchev–Trinajstić information content (AvgIpc) is 3.05. The van der Waals surface area contributed by atoms with Gasteiger partial charge in [0.05, 0.1) is 18.8 Å². The van der Waals surface area contributed by atoms with Crippen LogP contribution in [0.4, 0.5) is 0 Å². The summed E-state index contributed by atoms with van der Waals surface area (Å²) in [5.41, 5.74) is 3.08. The molecule has 0 spiro atoms. The summed E-state index contributed by atoms with van der Waals surface area (Å²) in [5.74, 6) is 0.344. The summed E-state index contributed by atoms with van der Waals surface area (Å²) in [6.45, 7) is 7.41. The normalized spacial score (nSPS) is 28.4. The first-order valence-corrected chi connectivity index (χ1v) is 8.38. The molecule has 0 bridgehead atoms. The maximum atomic E-state index is 11.9. The van der Waals surface area contributed by atoms with E-state index in [4.69, 9.17) is 9.47 Å². The summed E-state index contributed by atoms with van der Waals surface area (Å²) in [7, 11) is 0. The van der Waals surface area contributed by atoms with Crippen LogP contribution in [-0.2, 0) is 14.9 Å². The van der Waals surface area contributed by atoms with Crippen LogP contribution in [0.1, 0.15) is 49.7 Å². The van der Waals surface area contributed by atoms with E-state index in [9.17, 15) is 4.79 Å². The zero-order valence-corrected chi connectivity index (χ0v) is 13.9. The number of esters is 1. The number of aromatic nitrogens is 1. The molecule has 1 aromatic heterocycles. The van der Waals surface area contributed by atoms with Crippen LogP contribution in [0.3, 0.4) is 0 Å². The molecule has 2 heterocycles. The van der Waals surface area contributed by atoms with Crippen molar-refractivity contribution in [1.29, 1.82) is 0 Å². The molecule has 1 unspecified atom stereocenters. The van der Waals surface area contributed by atoms with Gasteiger partial charge in [-0.3, -0.25) is 0 Å². The molecule has 4 heteroatoms. The zero-order valence-electron chi connectivity index (χ0n) is 13.9. The highest BCUT2D eigenvalue weighted by molar-refractivity contribution is 5.95. The lowest BCUT2D eigenvalue weighted by Crippen LogP contribution is -2.37. The first-order chi connectivity index (χ1) is 10.9. The highest BCUT2D eigenvalue weighted by Gasteiger charge is 2.60. The summed E-state index contributed by atoms with van der Waals surface area (Å²) in [6, 6.07) is 8.42. The number of ether oxygens (including phenoxy) is 2. The maximum Gasteiger partial charge on any atom is 0.354 e. The molecule has 0 amide bonds. The van der Waals surface area contributed by atoms with Crippen LogP contribution in [0, 0.1) is 5.92 Å². The SMILES string of the molecule is CCOC(=O)c1cc2cc([C@]34CC3COC(C)(C)C4)ccc2[nH]1. The Hall–Kier alpha value is -1.81. The molecule has 2 aliphatic rings. The van der Waals surface area contributed by atoms with Gasteiger partial charge in [-0.15, -0.1) is 0 Å². The highest BCUT2D eigenvalue weighted by atomic mass is 16.5. The number of carbonyl (C=O) groups excluding carboxylic acids is 1. The van der Waals surface area contributed by atoms with E-state index in [-0.39, 0.29) is 17.0 Å². The fraction of sp³-hybridized carbons (Fsp3) is 0.526. The molecule has 1 aromatic carbocycles. The monoisotopic (exact) mass is 313 g/mol. The van der Waals surface area contributed by atoms with E-state index in [0.717, 1.165) is 23.9 Å². The van der Waals surface area contributed by atoms with Gasteiger partial charge < -0.3 is 14.5 Å². The fourth-order valence-electron chi connectivity index (χ4n) is 4.17. The minimum Gasteiger partial charge on any atom is -0.461 e. The van der Waals surface area contributed by atoms with E-state index in [0.29, 0.717) is 18.2 Å². The predicted octanol–water partition coefficient (Wildman–Crippen LogP) is 3.80. The van der Waals surface area contributed by atoms with E-state index >= 15 is 0 Å². The van der Waals surface area contributed by atoms with Crippen molar-refractivity contribution in [2.75, 3.05) is 13.2 Å². The number of nitrogens with one attached hydrogen (secondary N) is 1. The van der Waals surface area contributed by atoms with Gasteiger partial charge in [-0.2, -0.15) is 0 Å². The molecular formula is C19H23NO3. The predicted molar refractivity (Wildman–Crippen MR) is 88.7 cm³/mol. The number of hydrogen-bond acceptors (Lipinski definition) is 3. The zero-order chi connectivity index (χ0) is 16.2. The number of carbonyl (C=O) groups is 1. The van der Waals surface area contributed by atoms with Crippen molar-refractivity contribution >= 4 is 16.9 Å². The standard InChI is InChI=1S/C19H23NO3/c1-4-22-17(21)16-8-12-7-13(5-6-15(12)20-16)19-9-14(19)10-23-18(2,3)11-19/h5-8,14,20H,4,9-11H2,1-3H3/t14?,19-/m1/s1. The van der Waals surface area contributed by atoms with Gasteiger partial charge in [0.15, 0.2) is 0 Å². The Labute approximate surface area is 136 Å². The van der Waals surface area contributed by atoms with Crippen LogP contribution >= 0.6 is 0 Å². The van der Waals surface area contributed by atoms with Crippen LogP contribution in [0.15, 0.2) is 24.3 Å². The Morgan fingerprint density at radius 1 is 1.39 bits per heavy atom. The Balaban J connectivity index is 1.68. The van der Waals surface area contributed by atoms with Gasteiger partial charge in [-0.1, -0.05) is 6.07 Å². The van der Waals surface area contributed by atoms with E-state index in [1.807, 2.05) is 13.0 Å². The van der Waals surface area contributed by atoms with Crippen molar-refractivity contribution in [3.05, 3.63) is 35.5 Å². The van der Waals surface area contributed by atoms with Gasteiger partial charge in [0, 0.05) is 16.3 Å². The van der Waals surface area contributed by atoms with Gasteiger partial charge >= 0.3 is 5.97 Å². The molecule has 122 valence electrons. The molecule has 4 rings (SSSR count). The molecule has 2 fully saturated rings. The second-order valence-electron chi connectivity index (χ2n) is 7.51. The smallest absolute Gasteiger partial charge is 0.354 e. The van der Waals surface area contributed by atoms with E-state index in [1.54, 1.807) is 0 Å². The molecule has 1 saturated heterocycles. The molecule has 0 radical (unpaired) electrons. The Morgan fingerprint density at radius 3 is 3.00 bits per heavy atom. The maximum absolute atomic E-state index is 11.9. The van der Waals surface area contributed by atoms with Crippen LogP contribution in [0.25, 0.3) is 10.9 Å². The van der Waals surface area contributed by atoms with E-state index in [1.165, 1.54) is 12.0 Å². The molecule has 1 aliphatic carbocycles. The van der Waals surface area contributed by atoms with Crippen molar-refractivity contribution in [3.63, 3.8) is 0 Å². The van der Waals surface area contributed by atoms with Gasteiger partial charge in [0.25, 0.3) is 0 Å². The van der Waals surface area contributed by atoms with Gasteiger partial charge in [-0.05, 0) is 63.3 Å². The summed E-state index contributed by atoms with van der Waals surface area (Å²) in [4.78, 5) is 15.0. The van der Waals surface area contributed by atoms with Crippen molar-refractivity contribution in [1.82, 2.24) is 4.98 Å². The number of H-pyrrole nitrogens is 1. The second kappa shape index (κ2) is 4.84. The lowest BCUT2D eigenvalue weighted by molar-refractivity contribution is -0.0624. The van der Waals surface area contributed by atoms with Gasteiger partial charge in [0.2, 0.25) is 0 Å². The lowest BCUT2D eigenvalue weighted by Gasteiger charge is -2.36. The molecule has 1 saturated carbocycles. The Kier molecular flexibility index (Phi) is 3.11. The molecule has 1 aliphatic heterocycles. The van der Waals surface area contributed by atoms with E-state index < -0.39 is 0 Å². The molecule has 4 nitrogen and oxygen atoms in total. The van der Waals surface area contributed by atoms with Crippen molar-refractivity contribution in [2.24, 2.45) is 5.92 Å². The van der Waals surface area contributed by atoms with Crippen molar-refractivity contribution in [2.45, 2.75) is 44.6 Å². The molecule has 2 atom stereocenters. The topological polar surface area (TPSA) is 51.3 Å². The first kappa shape index (κ1) is 14.8. The molecular weight excluding hydrogens is 290 g/mol. The minimum atomic E-state index is -0.292. The number of fused-ring (bicyclic) bond motifs is 2. The number of benzene rings is 1. The Morgan fingerprint density at radius 2 is 2.22 bits per heavy atom. The molecule has 23 heavy (non-hydrogen) atoms. The first-order valence-electron chi connectivity index (χ1n) is 8.38. The third-order valence-electron chi connectivity index (χ3n) is 5.34. The van der Waals surface area contributed by atoms with Crippen molar-refractivity contribution < 1.29 is 14.3 Å². The summed E-state index contributed by atoms with van der Waals surface area (Å²) in [5, 5.41) is 1.08. The number of rotatable bonds is 3. The van der Waals surface area contributed by atoms with Gasteiger partial charge in [0.1, 0.15) is 5.69 Å². The molecule has 1 N–H and O–H groups in total. The average molecular weight is 313 g/mol. The lowest BCUT2D eigenvalue weighted by atomic mass is 9.81. The van der Waals surface area contributed by atoms with Crippen molar-refractivity contribution in [3.8, 4) is 0 Å². The fourth-order valence-corrected chi connectivity index (χ4v) is 4.17. The summed E-state index contributed by atoms with van der Waals surface area (Å²) >= 11 is 0. The van der Waals surface area contributed by atoms with Crippen LogP contribution < -0.4 is 0 Å². The van der Waals surface area contributed by atoms with Crippen LogP contribution in [0.5, 0.6) is 0 Å². The summed E-state index contributed by atoms with van der Waals surface area (Å²) in [6.07, 6.45) is 2.27. The summed E-state index contributed by atoms with van der Waals surface area (Å²) < 4.78 is 11.0. The largest absolute Gasteiger partial charge is 0.461 e. The number of aromatic amines is 1. The highest BCUT2D eigenvalue weighted by Crippen LogP contribution is 2.62. The van der Waals surface area contributed by atoms with Gasteiger partial charge in [-0.25, -0.2) is 4.79 Å². The quantitative estimate of drug-likeness (QED) is 0.877. The minimum absolute atomic E-state index is 0.0593. The third kappa shape index (κ3) is 2.36. The Bertz CT molecular complexity index is 776. The van der Waals surface area contributed by atoms with Crippen LogP contribution in [-0.4, -0.2) is 29.8 Å². The second-order valence-corrected chi connectivity index (χ2v) is 7.51. The molecule has 2 aromatic rings. The van der Waals surface area contributed by atoms with Crippen LogP contribution in [0.2, 0.25) is 0 Å². The number of hydrogen-bond donors (Lipinski definition) is 1. The third-order valence-corrected chi connectivity index (χ3v) is 5.34. The van der Waals surface area contributed by atoms with E-state index in [2.05, 4.69) is 37.0 Å².